The van der Waals surface area contributed by atoms with Crippen molar-refractivity contribution >= 4 is 17.6 Å². The van der Waals surface area contributed by atoms with Crippen LogP contribution in [-0.4, -0.2) is 22.6 Å². The van der Waals surface area contributed by atoms with Crippen molar-refractivity contribution in [3.8, 4) is 5.75 Å². The normalized spacial score (nSPS) is 19.2. The molecule has 0 unspecified atom stereocenters. The summed E-state index contributed by atoms with van der Waals surface area (Å²) < 4.78 is 5.88. The molecule has 1 heterocycles. The monoisotopic (exact) mass is 292 g/mol. The fourth-order valence-corrected chi connectivity index (χ4v) is 2.49. The largest absolute Gasteiger partial charge is 0.487 e. The minimum Gasteiger partial charge on any atom is -0.487 e. The van der Waals surface area contributed by atoms with E-state index in [4.69, 9.17) is 15.6 Å². The van der Waals surface area contributed by atoms with Crippen molar-refractivity contribution < 1.29 is 19.4 Å². The maximum atomic E-state index is 11.9. The molecule has 0 saturated carbocycles. The second-order valence-electron chi connectivity index (χ2n) is 5.88. The quantitative estimate of drug-likeness (QED) is 0.735. The summed E-state index contributed by atoms with van der Waals surface area (Å²) >= 11 is 0. The van der Waals surface area contributed by atoms with Gasteiger partial charge in [0.2, 0.25) is 5.91 Å². The van der Waals surface area contributed by atoms with Crippen molar-refractivity contribution in [3.63, 3.8) is 0 Å². The molecule has 6 heteroatoms. The fraction of sp³-hybridized carbons (Fsp3) is 0.467. The van der Waals surface area contributed by atoms with E-state index in [0.717, 1.165) is 5.56 Å². The number of amides is 1. The van der Waals surface area contributed by atoms with Crippen molar-refractivity contribution in [3.05, 3.63) is 23.8 Å². The van der Waals surface area contributed by atoms with Gasteiger partial charge in [-0.2, -0.15) is 0 Å². The number of anilines is 1. The third kappa shape index (κ3) is 3.87. The zero-order valence-electron chi connectivity index (χ0n) is 12.2. The van der Waals surface area contributed by atoms with Crippen LogP contribution in [0.1, 0.15) is 44.7 Å². The van der Waals surface area contributed by atoms with E-state index in [-0.39, 0.29) is 24.8 Å². The zero-order valence-corrected chi connectivity index (χ0v) is 12.2. The molecule has 0 radical (unpaired) electrons. The van der Waals surface area contributed by atoms with Crippen LogP contribution in [0.3, 0.4) is 0 Å². The van der Waals surface area contributed by atoms with E-state index in [9.17, 15) is 9.59 Å². The number of hydrogen-bond donors (Lipinski definition) is 3. The summed E-state index contributed by atoms with van der Waals surface area (Å²) in [5.74, 6) is -0.570. The summed E-state index contributed by atoms with van der Waals surface area (Å²) in [6.07, 6.45) is 0.384. The van der Waals surface area contributed by atoms with Gasteiger partial charge in [-0.05, 0) is 32.0 Å². The van der Waals surface area contributed by atoms with Gasteiger partial charge in [-0.25, -0.2) is 0 Å². The molecule has 0 aromatic heterocycles. The summed E-state index contributed by atoms with van der Waals surface area (Å²) in [6, 6.07) is 5.10. The maximum absolute atomic E-state index is 11.9. The van der Waals surface area contributed by atoms with Gasteiger partial charge in [0, 0.05) is 24.1 Å². The van der Waals surface area contributed by atoms with E-state index < -0.39 is 11.6 Å². The average Bonchev–Trinajstić information content (AvgIpc) is 2.36. The Morgan fingerprint density at radius 2 is 2.14 bits per heavy atom. The fourth-order valence-electron chi connectivity index (χ4n) is 2.49. The molecule has 114 valence electrons. The average molecular weight is 292 g/mol. The number of carbonyl (C=O) groups excluding carboxylic acids is 1. The van der Waals surface area contributed by atoms with E-state index in [1.807, 2.05) is 13.8 Å². The Hall–Kier alpha value is -2.24. The number of nitrogens with one attached hydrogen (secondary N) is 1. The first-order chi connectivity index (χ1) is 9.77. The Morgan fingerprint density at radius 3 is 2.81 bits per heavy atom. The Balaban J connectivity index is 2.17. The number of hydrogen-bond acceptors (Lipinski definition) is 4. The predicted molar refractivity (Wildman–Crippen MR) is 77.9 cm³/mol. The van der Waals surface area contributed by atoms with Gasteiger partial charge in [0.15, 0.2) is 0 Å². The Kier molecular flexibility index (Phi) is 4.06. The lowest BCUT2D eigenvalue weighted by Gasteiger charge is -2.38. The maximum Gasteiger partial charge on any atom is 0.303 e. The number of fused-ring (bicyclic) bond motifs is 1. The van der Waals surface area contributed by atoms with Crippen molar-refractivity contribution in [2.75, 3.05) is 5.73 Å². The molecule has 21 heavy (non-hydrogen) atoms. The molecule has 0 saturated heterocycles. The summed E-state index contributed by atoms with van der Waals surface area (Å²) in [5.41, 5.74) is 6.82. The van der Waals surface area contributed by atoms with Gasteiger partial charge in [-0.3, -0.25) is 9.59 Å². The molecule has 1 atom stereocenters. The number of aliphatic carboxylic acids is 1. The van der Waals surface area contributed by atoms with E-state index in [0.29, 0.717) is 17.9 Å². The minimum absolute atomic E-state index is 0.0369. The van der Waals surface area contributed by atoms with Crippen LogP contribution >= 0.6 is 0 Å². The number of ether oxygens (including phenoxy) is 1. The van der Waals surface area contributed by atoms with Gasteiger partial charge >= 0.3 is 5.97 Å². The van der Waals surface area contributed by atoms with Crippen molar-refractivity contribution in [2.24, 2.45) is 0 Å². The SMILES string of the molecule is CC1(C)C[C@@H](NC(=O)CCC(=O)O)c2cc(N)ccc2O1. The summed E-state index contributed by atoms with van der Waals surface area (Å²) in [5, 5.41) is 11.5. The molecule has 1 aromatic rings. The molecule has 1 aliphatic rings. The minimum atomic E-state index is -0.984. The van der Waals surface area contributed by atoms with Crippen LogP contribution in [-0.2, 0) is 9.59 Å². The van der Waals surface area contributed by atoms with Gasteiger partial charge in [-0.15, -0.1) is 0 Å². The molecule has 1 aromatic carbocycles. The van der Waals surface area contributed by atoms with E-state index in [1.54, 1.807) is 18.2 Å². The summed E-state index contributed by atoms with van der Waals surface area (Å²) in [7, 11) is 0. The molecule has 2 rings (SSSR count). The molecule has 1 aliphatic heterocycles. The first kappa shape index (κ1) is 15.2. The highest BCUT2D eigenvalue weighted by molar-refractivity contribution is 5.81. The van der Waals surface area contributed by atoms with Crippen molar-refractivity contribution in [1.82, 2.24) is 5.32 Å². The van der Waals surface area contributed by atoms with E-state index >= 15 is 0 Å². The number of benzene rings is 1. The molecule has 0 bridgehead atoms. The second-order valence-corrected chi connectivity index (χ2v) is 5.88. The molecule has 4 N–H and O–H groups in total. The highest BCUT2D eigenvalue weighted by Gasteiger charge is 2.34. The van der Waals surface area contributed by atoms with E-state index in [1.165, 1.54) is 0 Å². The van der Waals surface area contributed by atoms with Gasteiger partial charge in [0.1, 0.15) is 11.4 Å². The van der Waals surface area contributed by atoms with Gasteiger partial charge in [-0.1, -0.05) is 0 Å². The molecular formula is C15H20N2O4. The number of nitrogen functional groups attached to an aromatic ring is 1. The van der Waals surface area contributed by atoms with Crippen LogP contribution in [0.2, 0.25) is 0 Å². The third-order valence-electron chi connectivity index (χ3n) is 3.39. The molecule has 0 aliphatic carbocycles. The highest BCUT2D eigenvalue weighted by Crippen LogP contribution is 2.40. The first-order valence-corrected chi connectivity index (χ1v) is 6.86. The molecule has 1 amide bonds. The first-order valence-electron chi connectivity index (χ1n) is 6.86. The Morgan fingerprint density at radius 1 is 1.43 bits per heavy atom. The Labute approximate surface area is 123 Å². The highest BCUT2D eigenvalue weighted by atomic mass is 16.5. The summed E-state index contributed by atoms with van der Waals surface area (Å²) in [4.78, 5) is 22.4. The van der Waals surface area contributed by atoms with Crippen molar-refractivity contribution in [1.29, 1.82) is 0 Å². The number of carboxylic acids is 1. The lowest BCUT2D eigenvalue weighted by atomic mass is 9.89. The topological polar surface area (TPSA) is 102 Å². The molecule has 0 spiro atoms. The number of carboxylic acid groups (broad SMARTS) is 1. The van der Waals surface area contributed by atoms with Crippen LogP contribution < -0.4 is 15.8 Å². The van der Waals surface area contributed by atoms with E-state index in [2.05, 4.69) is 5.32 Å². The van der Waals surface area contributed by atoms with Crippen LogP contribution in [0.5, 0.6) is 5.75 Å². The third-order valence-corrected chi connectivity index (χ3v) is 3.39. The van der Waals surface area contributed by atoms with Crippen LogP contribution in [0, 0.1) is 0 Å². The van der Waals surface area contributed by atoms with Gasteiger partial charge < -0.3 is 20.9 Å². The molecule has 0 fully saturated rings. The number of carbonyl (C=O) groups is 2. The Bertz CT molecular complexity index is 569. The zero-order chi connectivity index (χ0) is 15.6. The van der Waals surface area contributed by atoms with Gasteiger partial charge in [0.05, 0.1) is 12.5 Å². The van der Waals surface area contributed by atoms with Crippen LogP contribution in [0.15, 0.2) is 18.2 Å². The molecule has 6 nitrogen and oxygen atoms in total. The second kappa shape index (κ2) is 5.63. The standard InChI is InChI=1S/C15H20N2O4/c1-15(2)8-11(17-13(18)5-6-14(19)20)10-7-9(16)3-4-12(10)21-15/h3-4,7,11H,5-6,8,16H2,1-2H3,(H,17,18)(H,19,20)/t11-/m1/s1. The van der Waals surface area contributed by atoms with Crippen LogP contribution in [0.4, 0.5) is 5.69 Å². The van der Waals surface area contributed by atoms with Crippen molar-refractivity contribution in [2.45, 2.75) is 44.8 Å². The van der Waals surface area contributed by atoms with Crippen LogP contribution in [0.25, 0.3) is 0 Å². The molecular weight excluding hydrogens is 272 g/mol. The lowest BCUT2D eigenvalue weighted by Crippen LogP contribution is -2.41. The lowest BCUT2D eigenvalue weighted by molar-refractivity contribution is -0.139. The number of rotatable bonds is 4. The predicted octanol–water partition coefficient (Wildman–Crippen LogP) is 1.85. The van der Waals surface area contributed by atoms with Gasteiger partial charge in [0.25, 0.3) is 0 Å². The number of nitrogens with two attached hydrogens (primary N) is 1. The summed E-state index contributed by atoms with van der Waals surface area (Å²) in [6.45, 7) is 3.89. The smallest absolute Gasteiger partial charge is 0.303 e.